The van der Waals surface area contributed by atoms with Gasteiger partial charge in [-0.1, -0.05) is 23.7 Å². The average Bonchev–Trinajstić information content (AvgIpc) is 3.27. The number of nitrogens with zero attached hydrogens (tertiary/aromatic N) is 2. The Morgan fingerprint density at radius 3 is 2.86 bits per heavy atom. The molecule has 6 nitrogen and oxygen atoms in total. The number of hydrogen-bond donors (Lipinski definition) is 1. The molecule has 0 bridgehead atoms. The van der Waals surface area contributed by atoms with E-state index in [1.54, 1.807) is 7.11 Å². The molecule has 4 rings (SSSR count). The van der Waals surface area contributed by atoms with Gasteiger partial charge < -0.3 is 14.5 Å². The summed E-state index contributed by atoms with van der Waals surface area (Å²) >= 11 is 5.97. The number of benzene rings is 1. The summed E-state index contributed by atoms with van der Waals surface area (Å²) in [6.07, 6.45) is 4.47. The first-order valence-corrected chi connectivity index (χ1v) is 10.1. The van der Waals surface area contributed by atoms with Gasteiger partial charge in [0.05, 0.1) is 12.2 Å². The van der Waals surface area contributed by atoms with Crippen LogP contribution >= 0.6 is 11.6 Å². The summed E-state index contributed by atoms with van der Waals surface area (Å²) in [5.74, 6) is 1.04. The van der Waals surface area contributed by atoms with Gasteiger partial charge in [0.2, 0.25) is 0 Å². The van der Waals surface area contributed by atoms with Crippen molar-refractivity contribution < 1.29 is 13.9 Å². The predicted molar refractivity (Wildman–Crippen MR) is 111 cm³/mol. The lowest BCUT2D eigenvalue weighted by Gasteiger charge is -2.09. The van der Waals surface area contributed by atoms with Crippen LogP contribution in [0.3, 0.4) is 0 Å². The van der Waals surface area contributed by atoms with E-state index < -0.39 is 0 Å². The molecular formula is C22H24ClN3O3. The third kappa shape index (κ3) is 4.09. The lowest BCUT2D eigenvalue weighted by atomic mass is 9.93. The molecule has 1 N–H and O–H groups in total. The van der Waals surface area contributed by atoms with Crippen molar-refractivity contribution in [2.45, 2.75) is 32.7 Å². The van der Waals surface area contributed by atoms with Gasteiger partial charge in [-0.05, 0) is 43.0 Å². The Morgan fingerprint density at radius 1 is 1.31 bits per heavy atom. The van der Waals surface area contributed by atoms with Crippen LogP contribution in [0.4, 0.5) is 0 Å². The zero-order chi connectivity index (χ0) is 20.4. The maximum atomic E-state index is 12.6. The van der Waals surface area contributed by atoms with Crippen LogP contribution < -0.4 is 5.32 Å². The number of nitrogens with one attached hydrogen (secondary N) is 1. The van der Waals surface area contributed by atoms with Crippen LogP contribution in [0.2, 0.25) is 5.02 Å². The van der Waals surface area contributed by atoms with Gasteiger partial charge in [-0.25, -0.2) is 0 Å². The number of halogens is 1. The number of furan rings is 1. The van der Waals surface area contributed by atoms with Gasteiger partial charge in [-0.15, -0.1) is 0 Å². The minimum atomic E-state index is -0.185. The molecule has 29 heavy (non-hydrogen) atoms. The van der Waals surface area contributed by atoms with Crippen molar-refractivity contribution in [1.29, 1.82) is 0 Å². The number of fused-ring (bicyclic) bond motifs is 3. The standard InChI is InChI=1S/C22H24ClN3O3/c1-14-19-18(29-21(14)22(27)24-10-3-11-28-2)9-6-16-13-26(25-20(16)19)12-15-4-7-17(23)8-5-15/h4-5,7-8,13H,3,6,9-12H2,1-2H3,(H,24,27). The molecule has 7 heteroatoms. The van der Waals surface area contributed by atoms with Crippen LogP contribution in [0.5, 0.6) is 0 Å². The molecule has 2 heterocycles. The second kappa shape index (κ2) is 8.43. The molecule has 0 saturated heterocycles. The molecule has 1 amide bonds. The quantitative estimate of drug-likeness (QED) is 0.594. The fourth-order valence-electron chi connectivity index (χ4n) is 3.74. The van der Waals surface area contributed by atoms with E-state index in [2.05, 4.69) is 11.5 Å². The van der Waals surface area contributed by atoms with Crippen molar-refractivity contribution in [3.63, 3.8) is 0 Å². The van der Waals surface area contributed by atoms with E-state index in [1.807, 2.05) is 35.9 Å². The molecule has 0 atom stereocenters. The maximum Gasteiger partial charge on any atom is 0.287 e. The molecule has 0 saturated carbocycles. The van der Waals surface area contributed by atoms with E-state index in [1.165, 1.54) is 5.56 Å². The van der Waals surface area contributed by atoms with E-state index in [0.717, 1.165) is 52.4 Å². The number of amides is 1. The summed E-state index contributed by atoms with van der Waals surface area (Å²) in [5.41, 5.74) is 5.04. The summed E-state index contributed by atoms with van der Waals surface area (Å²) in [5, 5.41) is 8.43. The summed E-state index contributed by atoms with van der Waals surface area (Å²) < 4.78 is 12.9. The van der Waals surface area contributed by atoms with E-state index in [4.69, 9.17) is 25.9 Å². The molecule has 1 aliphatic carbocycles. The van der Waals surface area contributed by atoms with Crippen molar-refractivity contribution >= 4 is 17.5 Å². The zero-order valence-corrected chi connectivity index (χ0v) is 17.4. The number of aromatic nitrogens is 2. The Hall–Kier alpha value is -2.57. The predicted octanol–water partition coefficient (Wildman–Crippen LogP) is 4.02. The number of methoxy groups -OCH3 is 1. The summed E-state index contributed by atoms with van der Waals surface area (Å²) in [7, 11) is 1.65. The maximum absolute atomic E-state index is 12.6. The highest BCUT2D eigenvalue weighted by Crippen LogP contribution is 2.38. The number of aryl methyl sites for hydroxylation is 2. The molecule has 1 aliphatic rings. The second-order valence-electron chi connectivity index (χ2n) is 7.28. The number of ether oxygens (including phenoxy) is 1. The van der Waals surface area contributed by atoms with E-state index >= 15 is 0 Å². The Bertz CT molecular complexity index is 1020. The van der Waals surface area contributed by atoms with Crippen LogP contribution in [-0.4, -0.2) is 35.9 Å². The van der Waals surface area contributed by atoms with Crippen LogP contribution in [0.1, 0.15) is 39.4 Å². The fourth-order valence-corrected chi connectivity index (χ4v) is 3.86. The molecule has 152 valence electrons. The third-order valence-electron chi connectivity index (χ3n) is 5.19. The van der Waals surface area contributed by atoms with Crippen molar-refractivity contribution in [2.75, 3.05) is 20.3 Å². The third-order valence-corrected chi connectivity index (χ3v) is 5.44. The fraction of sp³-hybridized carbons (Fsp3) is 0.364. The highest BCUT2D eigenvalue weighted by Gasteiger charge is 2.29. The normalized spacial score (nSPS) is 12.5. The Kier molecular flexibility index (Phi) is 5.74. The monoisotopic (exact) mass is 413 g/mol. The highest BCUT2D eigenvalue weighted by atomic mass is 35.5. The SMILES string of the molecule is COCCCNC(=O)c1oc2c(c1C)-c1nn(Cc3ccc(Cl)cc3)cc1CC2. The summed E-state index contributed by atoms with van der Waals surface area (Å²) in [4.78, 5) is 12.6. The van der Waals surface area contributed by atoms with Gasteiger partial charge in [0.25, 0.3) is 5.91 Å². The minimum absolute atomic E-state index is 0.185. The first-order chi connectivity index (χ1) is 14.1. The first kappa shape index (κ1) is 19.7. The van der Waals surface area contributed by atoms with E-state index in [-0.39, 0.29) is 5.91 Å². The van der Waals surface area contributed by atoms with Gasteiger partial charge >= 0.3 is 0 Å². The molecule has 2 aromatic heterocycles. The van der Waals surface area contributed by atoms with Crippen LogP contribution in [0.25, 0.3) is 11.3 Å². The van der Waals surface area contributed by atoms with E-state index in [9.17, 15) is 4.79 Å². The summed E-state index contributed by atoms with van der Waals surface area (Å²) in [6.45, 7) is 3.77. The molecule has 0 unspecified atom stereocenters. The van der Waals surface area contributed by atoms with Crippen LogP contribution in [0.15, 0.2) is 34.9 Å². The lowest BCUT2D eigenvalue weighted by molar-refractivity contribution is 0.0918. The van der Waals surface area contributed by atoms with Gasteiger partial charge in [-0.2, -0.15) is 5.10 Å². The summed E-state index contributed by atoms with van der Waals surface area (Å²) in [6, 6.07) is 7.78. The van der Waals surface area contributed by atoms with Gasteiger partial charge in [-0.3, -0.25) is 9.48 Å². The molecule has 0 radical (unpaired) electrons. The highest BCUT2D eigenvalue weighted by molar-refractivity contribution is 6.30. The minimum Gasteiger partial charge on any atom is -0.455 e. The molecule has 0 fully saturated rings. The number of carbonyl (C=O) groups is 1. The smallest absolute Gasteiger partial charge is 0.287 e. The Balaban J connectivity index is 1.56. The second-order valence-corrected chi connectivity index (χ2v) is 7.72. The van der Waals surface area contributed by atoms with Crippen LogP contribution in [0, 0.1) is 6.92 Å². The van der Waals surface area contributed by atoms with Crippen LogP contribution in [-0.2, 0) is 24.1 Å². The van der Waals surface area contributed by atoms with E-state index in [0.29, 0.717) is 25.5 Å². The average molecular weight is 414 g/mol. The van der Waals surface area contributed by atoms with Crippen molar-refractivity contribution in [3.8, 4) is 11.3 Å². The number of rotatable bonds is 7. The molecule has 0 aliphatic heterocycles. The largest absolute Gasteiger partial charge is 0.455 e. The Labute approximate surface area is 174 Å². The molecule has 3 aromatic rings. The van der Waals surface area contributed by atoms with Crippen molar-refractivity contribution in [3.05, 3.63) is 63.7 Å². The van der Waals surface area contributed by atoms with Crippen molar-refractivity contribution in [1.82, 2.24) is 15.1 Å². The van der Waals surface area contributed by atoms with Gasteiger partial charge in [0, 0.05) is 49.0 Å². The molecule has 0 spiro atoms. The van der Waals surface area contributed by atoms with Gasteiger partial charge in [0.1, 0.15) is 5.76 Å². The molecular weight excluding hydrogens is 390 g/mol. The Morgan fingerprint density at radius 2 is 2.10 bits per heavy atom. The topological polar surface area (TPSA) is 69.3 Å². The lowest BCUT2D eigenvalue weighted by Crippen LogP contribution is -2.25. The zero-order valence-electron chi connectivity index (χ0n) is 16.6. The van der Waals surface area contributed by atoms with Gasteiger partial charge in [0.15, 0.2) is 5.76 Å². The first-order valence-electron chi connectivity index (χ1n) is 9.77. The number of hydrogen-bond acceptors (Lipinski definition) is 4. The molecule has 1 aromatic carbocycles. The van der Waals surface area contributed by atoms with Crippen molar-refractivity contribution in [2.24, 2.45) is 0 Å². The number of carbonyl (C=O) groups excluding carboxylic acids is 1.